The number of aliphatic hydroxyl groups is 1. The lowest BCUT2D eigenvalue weighted by Gasteiger charge is -2.10. The van der Waals surface area contributed by atoms with Crippen molar-refractivity contribution in [2.75, 3.05) is 0 Å². The van der Waals surface area contributed by atoms with Gasteiger partial charge < -0.3 is 9.52 Å². The Morgan fingerprint density at radius 2 is 2.27 bits per heavy atom. The SMILES string of the molecule is Cc1ccncc1C(O)c1occc1Br. The zero-order chi connectivity index (χ0) is 10.8. The van der Waals surface area contributed by atoms with E-state index in [0.29, 0.717) is 5.76 Å². The number of aryl methyl sites for hydroxylation is 1. The summed E-state index contributed by atoms with van der Waals surface area (Å²) in [5.74, 6) is 0.506. The normalized spacial score (nSPS) is 12.7. The Hall–Kier alpha value is -1.13. The number of hydrogen-bond acceptors (Lipinski definition) is 3. The van der Waals surface area contributed by atoms with E-state index in [1.54, 1.807) is 18.5 Å². The first-order valence-electron chi connectivity index (χ1n) is 4.51. The molecule has 3 nitrogen and oxygen atoms in total. The molecule has 15 heavy (non-hydrogen) atoms. The molecule has 0 radical (unpaired) electrons. The largest absolute Gasteiger partial charge is 0.465 e. The van der Waals surface area contributed by atoms with E-state index in [-0.39, 0.29) is 0 Å². The van der Waals surface area contributed by atoms with Crippen LogP contribution >= 0.6 is 15.9 Å². The van der Waals surface area contributed by atoms with Crippen LogP contribution in [-0.4, -0.2) is 10.1 Å². The number of aromatic nitrogens is 1. The molecular weight excluding hydrogens is 258 g/mol. The van der Waals surface area contributed by atoms with Crippen molar-refractivity contribution < 1.29 is 9.52 Å². The van der Waals surface area contributed by atoms with E-state index in [9.17, 15) is 5.11 Å². The Morgan fingerprint density at radius 3 is 2.87 bits per heavy atom. The Morgan fingerprint density at radius 1 is 1.47 bits per heavy atom. The molecule has 0 aliphatic rings. The first-order chi connectivity index (χ1) is 7.20. The van der Waals surface area contributed by atoms with Gasteiger partial charge >= 0.3 is 0 Å². The van der Waals surface area contributed by atoms with Crippen LogP contribution in [0.1, 0.15) is 23.0 Å². The Kier molecular flexibility index (Phi) is 2.88. The second-order valence-corrected chi connectivity index (χ2v) is 4.12. The molecule has 0 bridgehead atoms. The molecule has 4 heteroatoms. The van der Waals surface area contributed by atoms with Crippen LogP contribution in [0.5, 0.6) is 0 Å². The molecule has 2 aromatic heterocycles. The predicted molar refractivity (Wildman–Crippen MR) is 59.4 cm³/mol. The van der Waals surface area contributed by atoms with E-state index in [4.69, 9.17) is 4.42 Å². The van der Waals surface area contributed by atoms with E-state index < -0.39 is 6.10 Å². The number of nitrogens with zero attached hydrogens (tertiary/aromatic N) is 1. The van der Waals surface area contributed by atoms with E-state index >= 15 is 0 Å². The highest BCUT2D eigenvalue weighted by Crippen LogP contribution is 2.30. The van der Waals surface area contributed by atoms with Gasteiger partial charge in [0.25, 0.3) is 0 Å². The smallest absolute Gasteiger partial charge is 0.151 e. The summed E-state index contributed by atoms with van der Waals surface area (Å²) in [6.07, 6.45) is 4.11. The van der Waals surface area contributed by atoms with Crippen LogP contribution < -0.4 is 0 Å². The quantitative estimate of drug-likeness (QED) is 0.910. The molecule has 2 rings (SSSR count). The Bertz CT molecular complexity index is 467. The summed E-state index contributed by atoms with van der Waals surface area (Å²) < 4.78 is 5.97. The highest BCUT2D eigenvalue weighted by molar-refractivity contribution is 9.10. The number of rotatable bonds is 2. The average Bonchev–Trinajstić information content (AvgIpc) is 2.64. The minimum Gasteiger partial charge on any atom is -0.465 e. The molecule has 0 aliphatic heterocycles. The van der Waals surface area contributed by atoms with Crippen LogP contribution in [-0.2, 0) is 0 Å². The van der Waals surface area contributed by atoms with E-state index in [0.717, 1.165) is 15.6 Å². The summed E-state index contributed by atoms with van der Waals surface area (Å²) in [4.78, 5) is 3.99. The van der Waals surface area contributed by atoms with Crippen molar-refractivity contribution in [1.82, 2.24) is 4.98 Å². The van der Waals surface area contributed by atoms with Crippen LogP contribution in [0.25, 0.3) is 0 Å². The lowest BCUT2D eigenvalue weighted by molar-refractivity contribution is 0.187. The fourth-order valence-electron chi connectivity index (χ4n) is 1.40. The van der Waals surface area contributed by atoms with E-state index in [2.05, 4.69) is 20.9 Å². The molecule has 2 aromatic rings. The van der Waals surface area contributed by atoms with Gasteiger partial charge in [0, 0.05) is 18.0 Å². The van der Waals surface area contributed by atoms with Gasteiger partial charge in [-0.05, 0) is 40.5 Å². The molecule has 0 amide bonds. The van der Waals surface area contributed by atoms with Crippen molar-refractivity contribution in [2.24, 2.45) is 0 Å². The topological polar surface area (TPSA) is 46.3 Å². The van der Waals surface area contributed by atoms with E-state index in [1.165, 1.54) is 6.26 Å². The van der Waals surface area contributed by atoms with Gasteiger partial charge in [-0.3, -0.25) is 4.98 Å². The van der Waals surface area contributed by atoms with Gasteiger partial charge in [-0.1, -0.05) is 0 Å². The zero-order valence-corrected chi connectivity index (χ0v) is 9.73. The van der Waals surface area contributed by atoms with Crippen LogP contribution in [0.2, 0.25) is 0 Å². The molecule has 0 aliphatic carbocycles. The molecule has 1 unspecified atom stereocenters. The fourth-order valence-corrected chi connectivity index (χ4v) is 1.82. The minimum atomic E-state index is -0.775. The van der Waals surface area contributed by atoms with Gasteiger partial charge in [0.1, 0.15) is 6.10 Å². The van der Waals surface area contributed by atoms with Crippen molar-refractivity contribution in [1.29, 1.82) is 0 Å². The van der Waals surface area contributed by atoms with E-state index in [1.807, 2.05) is 13.0 Å². The summed E-state index contributed by atoms with van der Waals surface area (Å²) in [7, 11) is 0. The molecule has 2 heterocycles. The number of furan rings is 1. The zero-order valence-electron chi connectivity index (χ0n) is 8.14. The average molecular weight is 268 g/mol. The van der Waals surface area contributed by atoms with Crippen LogP contribution in [0.15, 0.2) is 39.7 Å². The third-order valence-electron chi connectivity index (χ3n) is 2.27. The molecule has 1 atom stereocenters. The lowest BCUT2D eigenvalue weighted by atomic mass is 10.0. The van der Waals surface area contributed by atoms with Crippen LogP contribution in [0.4, 0.5) is 0 Å². The second-order valence-electron chi connectivity index (χ2n) is 3.27. The van der Waals surface area contributed by atoms with Crippen molar-refractivity contribution >= 4 is 15.9 Å². The van der Waals surface area contributed by atoms with Crippen LogP contribution in [0.3, 0.4) is 0 Å². The number of pyridine rings is 1. The maximum absolute atomic E-state index is 10.1. The maximum atomic E-state index is 10.1. The van der Waals surface area contributed by atoms with Crippen molar-refractivity contribution in [3.05, 3.63) is 52.1 Å². The number of aliphatic hydroxyl groups excluding tert-OH is 1. The highest BCUT2D eigenvalue weighted by Gasteiger charge is 2.18. The van der Waals surface area contributed by atoms with Gasteiger partial charge in [-0.2, -0.15) is 0 Å². The molecule has 78 valence electrons. The molecule has 0 aromatic carbocycles. The van der Waals surface area contributed by atoms with Crippen molar-refractivity contribution in [3.63, 3.8) is 0 Å². The maximum Gasteiger partial charge on any atom is 0.151 e. The summed E-state index contributed by atoms with van der Waals surface area (Å²) in [6, 6.07) is 3.61. The third kappa shape index (κ3) is 1.96. The summed E-state index contributed by atoms with van der Waals surface area (Å²) in [6.45, 7) is 1.93. The predicted octanol–water partition coefficient (Wildman–Crippen LogP) is 2.83. The summed E-state index contributed by atoms with van der Waals surface area (Å²) in [5, 5.41) is 10.1. The Balaban J connectivity index is 2.41. The van der Waals surface area contributed by atoms with Gasteiger partial charge in [0.05, 0.1) is 10.7 Å². The van der Waals surface area contributed by atoms with Gasteiger partial charge in [0.15, 0.2) is 5.76 Å². The first kappa shape index (κ1) is 10.4. The molecular formula is C11H10BrNO2. The molecule has 0 fully saturated rings. The van der Waals surface area contributed by atoms with Gasteiger partial charge in [-0.25, -0.2) is 0 Å². The highest BCUT2D eigenvalue weighted by atomic mass is 79.9. The number of hydrogen-bond donors (Lipinski definition) is 1. The second kappa shape index (κ2) is 4.16. The lowest BCUT2D eigenvalue weighted by Crippen LogP contribution is -2.01. The van der Waals surface area contributed by atoms with Gasteiger partial charge in [-0.15, -0.1) is 0 Å². The minimum absolute atomic E-state index is 0.506. The Labute approximate surface area is 95.9 Å². The van der Waals surface area contributed by atoms with Crippen molar-refractivity contribution in [3.8, 4) is 0 Å². The molecule has 0 saturated carbocycles. The summed E-state index contributed by atoms with van der Waals surface area (Å²) >= 11 is 3.31. The molecule has 0 saturated heterocycles. The molecule has 1 N–H and O–H groups in total. The first-order valence-corrected chi connectivity index (χ1v) is 5.31. The van der Waals surface area contributed by atoms with Crippen LogP contribution in [0, 0.1) is 6.92 Å². The standard InChI is InChI=1S/C11H10BrNO2/c1-7-2-4-13-6-8(7)10(14)11-9(12)3-5-15-11/h2-6,10,14H,1H3. The van der Waals surface area contributed by atoms with Gasteiger partial charge in [0.2, 0.25) is 0 Å². The number of halogens is 1. The summed E-state index contributed by atoms with van der Waals surface area (Å²) in [5.41, 5.74) is 1.74. The third-order valence-corrected chi connectivity index (χ3v) is 2.92. The van der Waals surface area contributed by atoms with Crippen molar-refractivity contribution in [2.45, 2.75) is 13.0 Å². The fraction of sp³-hybridized carbons (Fsp3) is 0.182. The monoisotopic (exact) mass is 267 g/mol. The molecule has 0 spiro atoms.